The van der Waals surface area contributed by atoms with Crippen molar-refractivity contribution in [2.75, 3.05) is 0 Å². The topological polar surface area (TPSA) is 9.23 Å². The number of fused-ring (bicyclic) bond motifs is 3. The molecule has 0 unspecified atom stereocenters. The van der Waals surface area contributed by atoms with Gasteiger partial charge in [-0.15, -0.1) is 0 Å². The van der Waals surface area contributed by atoms with Gasteiger partial charge in [-0.05, 0) is 11.6 Å². The van der Waals surface area contributed by atoms with Crippen molar-refractivity contribution in [2.24, 2.45) is 0 Å². The Labute approximate surface area is 84.6 Å². The van der Waals surface area contributed by atoms with Gasteiger partial charge in [-0.1, -0.05) is 42.5 Å². The molecule has 0 aromatic heterocycles. The summed E-state index contributed by atoms with van der Waals surface area (Å²) in [7, 11) is 0.936. The maximum absolute atomic E-state index is 5.62. The fourth-order valence-corrected chi connectivity index (χ4v) is 2.44. The van der Waals surface area contributed by atoms with E-state index in [4.69, 9.17) is 4.52 Å². The van der Waals surface area contributed by atoms with Crippen LogP contribution in [0, 0.1) is 0 Å². The van der Waals surface area contributed by atoms with Crippen molar-refractivity contribution < 1.29 is 4.52 Å². The summed E-state index contributed by atoms with van der Waals surface area (Å²) in [6.45, 7) is 0. The molecule has 14 heavy (non-hydrogen) atoms. The van der Waals surface area contributed by atoms with Crippen molar-refractivity contribution in [2.45, 2.75) is 0 Å². The summed E-state index contributed by atoms with van der Waals surface area (Å²) in [6, 6.07) is 16.5. The summed E-state index contributed by atoms with van der Waals surface area (Å²) in [5, 5.41) is 1.24. The lowest BCUT2D eigenvalue weighted by Gasteiger charge is -2.18. The Balaban J connectivity index is 2.29. The first-order chi connectivity index (χ1) is 6.95. The van der Waals surface area contributed by atoms with E-state index in [-0.39, 0.29) is 0 Å². The summed E-state index contributed by atoms with van der Waals surface area (Å²) in [6.07, 6.45) is 0. The van der Waals surface area contributed by atoms with Crippen LogP contribution in [0.3, 0.4) is 0 Å². The third-order valence-corrected chi connectivity index (χ3v) is 3.20. The van der Waals surface area contributed by atoms with Crippen LogP contribution in [0.5, 0.6) is 5.75 Å². The zero-order valence-electron chi connectivity index (χ0n) is 7.47. The standard InChI is InChI=1S/C12H8OP/c1-3-7-11-9(5-1)10-6-2-4-8-12(10)14-13-11/h1-8H. The molecule has 0 saturated heterocycles. The molecule has 1 radical (unpaired) electrons. The zero-order chi connectivity index (χ0) is 9.38. The van der Waals surface area contributed by atoms with Crippen molar-refractivity contribution in [3.8, 4) is 16.9 Å². The van der Waals surface area contributed by atoms with Gasteiger partial charge >= 0.3 is 0 Å². The van der Waals surface area contributed by atoms with E-state index in [9.17, 15) is 0 Å². The van der Waals surface area contributed by atoms with E-state index in [1.165, 1.54) is 16.4 Å². The molecule has 2 aromatic rings. The van der Waals surface area contributed by atoms with Crippen LogP contribution in [0.2, 0.25) is 0 Å². The van der Waals surface area contributed by atoms with Gasteiger partial charge in [-0.2, -0.15) is 0 Å². The Hall–Kier alpha value is -1.33. The van der Waals surface area contributed by atoms with Crippen molar-refractivity contribution in [3.63, 3.8) is 0 Å². The van der Waals surface area contributed by atoms with Crippen LogP contribution in [0.15, 0.2) is 48.5 Å². The van der Waals surface area contributed by atoms with Crippen LogP contribution in [0.1, 0.15) is 0 Å². The molecule has 3 rings (SSSR count). The van der Waals surface area contributed by atoms with E-state index >= 15 is 0 Å². The maximum Gasteiger partial charge on any atom is 0.188 e. The lowest BCUT2D eigenvalue weighted by molar-refractivity contribution is 0.638. The van der Waals surface area contributed by atoms with Gasteiger partial charge in [-0.25, -0.2) is 0 Å². The van der Waals surface area contributed by atoms with Crippen molar-refractivity contribution >= 4 is 14.1 Å². The predicted octanol–water partition coefficient (Wildman–Crippen LogP) is 3.23. The molecule has 67 valence electrons. The minimum Gasteiger partial charge on any atom is -0.460 e. The monoisotopic (exact) mass is 199 g/mol. The highest BCUT2D eigenvalue weighted by molar-refractivity contribution is 7.43. The van der Waals surface area contributed by atoms with Gasteiger partial charge in [0, 0.05) is 10.9 Å². The molecular formula is C12H8OP. The number of para-hydroxylation sites is 1. The predicted molar refractivity (Wildman–Crippen MR) is 59.1 cm³/mol. The van der Waals surface area contributed by atoms with Crippen LogP contribution >= 0.6 is 8.81 Å². The van der Waals surface area contributed by atoms with Gasteiger partial charge in [0.15, 0.2) is 8.81 Å². The van der Waals surface area contributed by atoms with Gasteiger partial charge in [0.2, 0.25) is 0 Å². The quantitative estimate of drug-likeness (QED) is 0.592. The second kappa shape index (κ2) is 3.11. The number of hydrogen-bond donors (Lipinski definition) is 0. The van der Waals surface area contributed by atoms with Gasteiger partial charge in [0.1, 0.15) is 5.75 Å². The van der Waals surface area contributed by atoms with E-state index in [1.54, 1.807) is 0 Å². The van der Waals surface area contributed by atoms with Crippen molar-refractivity contribution in [1.82, 2.24) is 0 Å². The maximum atomic E-state index is 5.62. The Morgan fingerprint density at radius 1 is 0.786 bits per heavy atom. The molecule has 0 fully saturated rings. The van der Waals surface area contributed by atoms with E-state index in [2.05, 4.69) is 24.3 Å². The lowest BCUT2D eigenvalue weighted by Crippen LogP contribution is -2.06. The fourth-order valence-electron chi connectivity index (χ4n) is 1.65. The van der Waals surface area contributed by atoms with Crippen LogP contribution in [-0.2, 0) is 0 Å². The largest absolute Gasteiger partial charge is 0.460 e. The Morgan fingerprint density at radius 3 is 2.43 bits per heavy atom. The molecule has 1 aliphatic rings. The average Bonchev–Trinajstić information content (AvgIpc) is 2.29. The number of hydrogen-bond acceptors (Lipinski definition) is 1. The lowest BCUT2D eigenvalue weighted by atomic mass is 10.0. The van der Waals surface area contributed by atoms with Crippen molar-refractivity contribution in [3.05, 3.63) is 48.5 Å². The van der Waals surface area contributed by atoms with E-state index in [0.717, 1.165) is 14.6 Å². The minimum atomic E-state index is 0.936. The first-order valence-corrected chi connectivity index (χ1v) is 5.33. The highest BCUT2D eigenvalue weighted by Gasteiger charge is 2.16. The molecular weight excluding hydrogens is 191 g/mol. The van der Waals surface area contributed by atoms with Crippen LogP contribution in [0.25, 0.3) is 11.1 Å². The molecule has 0 aliphatic carbocycles. The molecule has 1 heterocycles. The summed E-state index contributed by atoms with van der Waals surface area (Å²) in [5.74, 6) is 0.980. The third-order valence-electron chi connectivity index (χ3n) is 2.32. The second-order valence-corrected chi connectivity index (χ2v) is 4.04. The highest BCUT2D eigenvalue weighted by Crippen LogP contribution is 2.38. The van der Waals surface area contributed by atoms with E-state index in [0.29, 0.717) is 0 Å². The summed E-state index contributed by atoms with van der Waals surface area (Å²) in [4.78, 5) is 0. The molecule has 1 nitrogen and oxygen atoms in total. The molecule has 0 saturated carbocycles. The van der Waals surface area contributed by atoms with Gasteiger partial charge in [0.05, 0.1) is 0 Å². The average molecular weight is 199 g/mol. The highest BCUT2D eigenvalue weighted by atomic mass is 31.1. The first kappa shape index (κ1) is 8.02. The summed E-state index contributed by atoms with van der Waals surface area (Å²) in [5.41, 5.74) is 2.48. The third kappa shape index (κ3) is 1.13. The van der Waals surface area contributed by atoms with E-state index in [1.807, 2.05) is 24.3 Å². The van der Waals surface area contributed by atoms with Gasteiger partial charge in [-0.3, -0.25) is 0 Å². The zero-order valence-corrected chi connectivity index (χ0v) is 8.37. The van der Waals surface area contributed by atoms with Gasteiger partial charge < -0.3 is 4.52 Å². The number of benzene rings is 2. The normalized spacial score (nSPS) is 14.3. The molecule has 0 spiro atoms. The summed E-state index contributed by atoms with van der Waals surface area (Å²) < 4.78 is 5.62. The molecule has 2 aromatic carbocycles. The minimum absolute atomic E-state index is 0.936. The molecule has 1 aliphatic heterocycles. The molecule has 0 amide bonds. The Bertz CT molecular complexity index is 434. The molecule has 0 bridgehead atoms. The van der Waals surface area contributed by atoms with Crippen LogP contribution in [0.4, 0.5) is 0 Å². The second-order valence-electron chi connectivity index (χ2n) is 3.20. The van der Waals surface area contributed by atoms with Gasteiger partial charge in [0.25, 0.3) is 0 Å². The number of rotatable bonds is 0. The van der Waals surface area contributed by atoms with Crippen molar-refractivity contribution in [1.29, 1.82) is 0 Å². The molecule has 0 atom stereocenters. The first-order valence-electron chi connectivity index (χ1n) is 4.52. The molecule has 2 heteroatoms. The van der Waals surface area contributed by atoms with Crippen LogP contribution in [-0.4, -0.2) is 0 Å². The Morgan fingerprint density at radius 2 is 1.50 bits per heavy atom. The molecule has 0 N–H and O–H groups in total. The van der Waals surface area contributed by atoms with Crippen LogP contribution < -0.4 is 9.83 Å². The fraction of sp³-hybridized carbons (Fsp3) is 0. The summed E-state index contributed by atoms with van der Waals surface area (Å²) >= 11 is 0. The van der Waals surface area contributed by atoms with E-state index < -0.39 is 0 Å². The smallest absolute Gasteiger partial charge is 0.188 e. The SMILES string of the molecule is c1ccc2c(c1)O[P]c1ccccc1-2. The Kier molecular flexibility index (Phi) is 1.78.